The number of benzene rings is 12. The van der Waals surface area contributed by atoms with Gasteiger partial charge in [0.25, 0.3) is 0 Å². The summed E-state index contributed by atoms with van der Waals surface area (Å²) >= 11 is 1.92. The van der Waals surface area contributed by atoms with E-state index in [4.69, 9.17) is 0 Å². The number of aryl methyl sites for hydroxylation is 6. The molecule has 0 nitrogen and oxygen atoms in total. The van der Waals surface area contributed by atoms with Gasteiger partial charge in [0.15, 0.2) is 0 Å². The Hall–Kier alpha value is -7.58. The second-order valence-corrected chi connectivity index (χ2v) is 20.5. The van der Waals surface area contributed by atoms with E-state index in [0.29, 0.717) is 0 Å². The first kappa shape index (κ1) is 38.7. The van der Waals surface area contributed by atoms with Crippen LogP contribution in [-0.4, -0.2) is 0 Å². The van der Waals surface area contributed by atoms with Crippen molar-refractivity contribution < 1.29 is 0 Å². The van der Waals surface area contributed by atoms with Crippen molar-refractivity contribution in [3.05, 3.63) is 203 Å². The van der Waals surface area contributed by atoms with Crippen molar-refractivity contribution in [1.82, 2.24) is 0 Å². The molecule has 316 valence electrons. The highest BCUT2D eigenvalue weighted by Gasteiger charge is 2.33. The molecule has 0 aliphatic heterocycles. The molecule has 1 aromatic heterocycles. The Balaban J connectivity index is 1.09. The summed E-state index contributed by atoms with van der Waals surface area (Å²) < 4.78 is 2.65. The summed E-state index contributed by atoms with van der Waals surface area (Å²) in [6, 6.07) is 65.4. The maximum atomic E-state index is 2.50. The molecule has 1 aliphatic carbocycles. The van der Waals surface area contributed by atoms with Crippen LogP contribution in [-0.2, 0) is 0 Å². The highest BCUT2D eigenvalue weighted by molar-refractivity contribution is 7.26. The average Bonchev–Trinajstić information content (AvgIpc) is 3.87. The molecule has 12 aromatic carbocycles. The lowest BCUT2D eigenvalue weighted by atomic mass is 9.79. The fraction of sp³-hybridized carbons (Fsp3) is 0.0909. The summed E-state index contributed by atoms with van der Waals surface area (Å²) in [4.78, 5) is 0. The van der Waals surface area contributed by atoms with Crippen LogP contribution >= 0.6 is 11.3 Å². The molecular weight excluding hydrogens is 825 g/mol. The quantitative estimate of drug-likeness (QED) is 0.155. The zero-order valence-corrected chi connectivity index (χ0v) is 39.4. The standard InChI is InChI=1S/C66H46S/c1-35-27-37(3)57(38(4)28-35)62-50-16-7-8-17-51(50)63(58-39(5)29-36(2)30-40(58)6)65-53-26-25-47(49-18-12-19-52(61(49)53)64(62)65)54-33-46(34-55-48-15-9-10-20-56(48)67-66(54)55)45-31-43-23-21-41-13-11-14-42-22-24-44(32-45)60(43)59(41)42/h7-34H,1-6H3. The van der Waals surface area contributed by atoms with Crippen molar-refractivity contribution >= 4 is 85.4 Å². The van der Waals surface area contributed by atoms with Crippen LogP contribution in [0.25, 0.3) is 141 Å². The van der Waals surface area contributed by atoms with Crippen LogP contribution in [0, 0.1) is 41.5 Å². The molecule has 0 fully saturated rings. The van der Waals surface area contributed by atoms with E-state index in [1.807, 2.05) is 11.3 Å². The molecule has 0 saturated carbocycles. The Labute approximate surface area is 394 Å². The number of hydrogen-bond acceptors (Lipinski definition) is 1. The van der Waals surface area contributed by atoms with Gasteiger partial charge in [0.05, 0.1) is 0 Å². The Bertz CT molecular complexity index is 4100. The summed E-state index contributed by atoms with van der Waals surface area (Å²) in [6.07, 6.45) is 0. The molecule has 0 unspecified atom stereocenters. The summed E-state index contributed by atoms with van der Waals surface area (Å²) in [5.41, 5.74) is 23.7. The highest BCUT2D eigenvalue weighted by atomic mass is 32.1. The van der Waals surface area contributed by atoms with E-state index in [1.165, 1.54) is 174 Å². The van der Waals surface area contributed by atoms with Gasteiger partial charge in [-0.2, -0.15) is 0 Å². The van der Waals surface area contributed by atoms with Crippen LogP contribution in [0.5, 0.6) is 0 Å². The van der Waals surface area contributed by atoms with Gasteiger partial charge >= 0.3 is 0 Å². The summed E-state index contributed by atoms with van der Waals surface area (Å²) in [6.45, 7) is 13.7. The molecule has 0 saturated heterocycles. The molecule has 14 rings (SSSR count). The van der Waals surface area contributed by atoms with E-state index in [-0.39, 0.29) is 0 Å². The fourth-order valence-corrected chi connectivity index (χ4v) is 14.0. The van der Waals surface area contributed by atoms with E-state index in [1.54, 1.807) is 0 Å². The number of fused-ring (bicyclic) bond motifs is 7. The maximum Gasteiger partial charge on any atom is 0.0434 e. The van der Waals surface area contributed by atoms with Crippen molar-refractivity contribution in [2.24, 2.45) is 0 Å². The van der Waals surface area contributed by atoms with E-state index >= 15 is 0 Å². The SMILES string of the molecule is Cc1cc(C)c(-c2c3c(c(-c4c(C)cc(C)cc4C)c4ccccc24)-c2ccc(-c4cc(-c5cc6ccc7cccc8ccc(c5)c6c78)cc5c4sc4ccccc45)c4cccc-3c24)c(C)c1. The Morgan fingerprint density at radius 2 is 0.761 bits per heavy atom. The van der Waals surface area contributed by atoms with Crippen molar-refractivity contribution in [3.63, 3.8) is 0 Å². The van der Waals surface area contributed by atoms with E-state index < -0.39 is 0 Å². The number of hydrogen-bond donors (Lipinski definition) is 0. The molecule has 1 heteroatoms. The van der Waals surface area contributed by atoms with Crippen molar-refractivity contribution in [3.8, 4) is 66.8 Å². The first-order chi connectivity index (χ1) is 32.7. The molecule has 0 radical (unpaired) electrons. The Kier molecular flexibility index (Phi) is 8.06. The summed E-state index contributed by atoms with van der Waals surface area (Å²) in [7, 11) is 0. The first-order valence-corrected chi connectivity index (χ1v) is 24.5. The van der Waals surface area contributed by atoms with Crippen molar-refractivity contribution in [1.29, 1.82) is 0 Å². The van der Waals surface area contributed by atoms with Crippen LogP contribution in [0.15, 0.2) is 170 Å². The van der Waals surface area contributed by atoms with Gasteiger partial charge in [-0.3, -0.25) is 0 Å². The van der Waals surface area contributed by atoms with E-state index in [9.17, 15) is 0 Å². The zero-order chi connectivity index (χ0) is 45.0. The lowest BCUT2D eigenvalue weighted by Crippen LogP contribution is -1.99. The summed E-state index contributed by atoms with van der Waals surface area (Å²) in [5, 5.41) is 15.8. The topological polar surface area (TPSA) is 0 Å². The normalized spacial score (nSPS) is 12.3. The minimum absolute atomic E-state index is 1.24. The van der Waals surface area contributed by atoms with Gasteiger partial charge in [-0.05, 0) is 209 Å². The third-order valence-corrected chi connectivity index (χ3v) is 16.4. The number of thiophene rings is 1. The van der Waals surface area contributed by atoms with Crippen LogP contribution in [0.2, 0.25) is 0 Å². The molecule has 0 N–H and O–H groups in total. The minimum atomic E-state index is 1.24. The Morgan fingerprint density at radius 1 is 0.284 bits per heavy atom. The molecule has 67 heavy (non-hydrogen) atoms. The van der Waals surface area contributed by atoms with Gasteiger partial charge < -0.3 is 0 Å². The summed E-state index contributed by atoms with van der Waals surface area (Å²) in [5.74, 6) is 0. The smallest absolute Gasteiger partial charge is 0.0434 e. The van der Waals surface area contributed by atoms with E-state index in [0.717, 1.165) is 0 Å². The average molecular weight is 871 g/mol. The predicted molar refractivity (Wildman–Crippen MR) is 293 cm³/mol. The van der Waals surface area contributed by atoms with Gasteiger partial charge in [0.2, 0.25) is 0 Å². The zero-order valence-electron chi connectivity index (χ0n) is 38.6. The third-order valence-electron chi connectivity index (χ3n) is 15.2. The second-order valence-electron chi connectivity index (χ2n) is 19.5. The lowest BCUT2D eigenvalue weighted by molar-refractivity contribution is 1.32. The van der Waals surface area contributed by atoms with Crippen LogP contribution in [0.1, 0.15) is 33.4 Å². The van der Waals surface area contributed by atoms with Gasteiger partial charge in [-0.25, -0.2) is 0 Å². The fourth-order valence-electron chi connectivity index (χ4n) is 12.8. The van der Waals surface area contributed by atoms with Gasteiger partial charge in [0.1, 0.15) is 0 Å². The van der Waals surface area contributed by atoms with Crippen molar-refractivity contribution in [2.45, 2.75) is 41.5 Å². The molecule has 0 bridgehead atoms. The van der Waals surface area contributed by atoms with Gasteiger partial charge in [0, 0.05) is 25.7 Å². The first-order valence-electron chi connectivity index (χ1n) is 23.7. The van der Waals surface area contributed by atoms with Crippen molar-refractivity contribution in [2.75, 3.05) is 0 Å². The molecule has 13 aromatic rings. The molecule has 0 spiro atoms. The molecule has 0 atom stereocenters. The van der Waals surface area contributed by atoms with Gasteiger partial charge in [-0.1, -0.05) is 151 Å². The molecular formula is C66H46S. The second kappa shape index (κ2) is 14.0. The van der Waals surface area contributed by atoms with E-state index in [2.05, 4.69) is 211 Å². The largest absolute Gasteiger partial charge is 0.135 e. The lowest BCUT2D eigenvalue weighted by Gasteiger charge is -2.24. The van der Waals surface area contributed by atoms with Gasteiger partial charge in [-0.15, -0.1) is 11.3 Å². The highest BCUT2D eigenvalue weighted by Crippen LogP contribution is 2.60. The number of rotatable bonds is 4. The van der Waals surface area contributed by atoms with Crippen LogP contribution in [0.4, 0.5) is 0 Å². The maximum absolute atomic E-state index is 2.50. The molecule has 1 aliphatic rings. The third kappa shape index (κ3) is 5.41. The molecule has 0 amide bonds. The monoisotopic (exact) mass is 870 g/mol. The Morgan fingerprint density at radius 3 is 1.37 bits per heavy atom. The minimum Gasteiger partial charge on any atom is -0.135 e. The van der Waals surface area contributed by atoms with Crippen LogP contribution < -0.4 is 0 Å². The molecule has 1 heterocycles. The van der Waals surface area contributed by atoms with Crippen LogP contribution in [0.3, 0.4) is 0 Å². The predicted octanol–water partition coefficient (Wildman–Crippen LogP) is 19.4.